The van der Waals surface area contributed by atoms with Crippen LogP contribution < -0.4 is 5.73 Å². The first-order valence-electron chi connectivity index (χ1n) is 7.34. The van der Waals surface area contributed by atoms with Gasteiger partial charge in [-0.3, -0.25) is 0 Å². The summed E-state index contributed by atoms with van der Waals surface area (Å²) in [6, 6.07) is 12.4. The van der Waals surface area contributed by atoms with Crippen LogP contribution in [-0.4, -0.2) is 15.0 Å². The van der Waals surface area contributed by atoms with Gasteiger partial charge in [-0.1, -0.05) is 47.2 Å². The number of nitrogen functional groups attached to an aromatic ring is 1. The number of nitrogens with zero attached hydrogens (tertiary/aromatic N) is 3. The summed E-state index contributed by atoms with van der Waals surface area (Å²) in [5, 5.41) is 8.61. The van der Waals surface area contributed by atoms with Crippen molar-refractivity contribution in [3.63, 3.8) is 0 Å². The van der Waals surface area contributed by atoms with Crippen molar-refractivity contribution in [2.24, 2.45) is 0 Å². The number of nitrogens with two attached hydrogens (primary N) is 1. The van der Waals surface area contributed by atoms with Crippen LogP contribution in [0.3, 0.4) is 0 Å². The van der Waals surface area contributed by atoms with Crippen LogP contribution in [0.1, 0.15) is 22.3 Å². The molecule has 0 atom stereocenters. The van der Waals surface area contributed by atoms with E-state index < -0.39 is 0 Å². The molecule has 112 valence electrons. The van der Waals surface area contributed by atoms with E-state index in [1.807, 2.05) is 6.07 Å². The van der Waals surface area contributed by atoms with Crippen LogP contribution in [0.4, 0.5) is 5.82 Å². The summed E-state index contributed by atoms with van der Waals surface area (Å²) in [6.45, 7) is 8.26. The first-order valence-corrected chi connectivity index (χ1v) is 7.34. The maximum Gasteiger partial charge on any atom is 0.155 e. The highest BCUT2D eigenvalue weighted by molar-refractivity contribution is 5.74. The Hall–Kier alpha value is -2.62. The first-order chi connectivity index (χ1) is 10.5. The van der Waals surface area contributed by atoms with Gasteiger partial charge in [0, 0.05) is 5.56 Å². The summed E-state index contributed by atoms with van der Waals surface area (Å²) in [5.41, 5.74) is 13.8. The highest BCUT2D eigenvalue weighted by atomic mass is 15.5. The first kappa shape index (κ1) is 14.3. The zero-order valence-electron chi connectivity index (χ0n) is 13.4. The topological polar surface area (TPSA) is 56.7 Å². The molecule has 0 fully saturated rings. The standard InChI is InChI=1S/C18H20N4/c1-11-8-9-15(14(4)10-11)16-18(19)22(21-20-16)17-12(2)6-5-7-13(17)3/h5-10H,19H2,1-4H3. The van der Waals surface area contributed by atoms with Crippen LogP contribution in [0.5, 0.6) is 0 Å². The highest BCUT2D eigenvalue weighted by Gasteiger charge is 2.17. The monoisotopic (exact) mass is 292 g/mol. The van der Waals surface area contributed by atoms with E-state index in [2.05, 4.69) is 68.3 Å². The molecular formula is C18H20N4. The van der Waals surface area contributed by atoms with Gasteiger partial charge in [0.15, 0.2) is 5.82 Å². The van der Waals surface area contributed by atoms with Crippen LogP contribution >= 0.6 is 0 Å². The summed E-state index contributed by atoms with van der Waals surface area (Å²) in [5.74, 6) is 0.573. The van der Waals surface area contributed by atoms with E-state index in [0.717, 1.165) is 33.6 Å². The van der Waals surface area contributed by atoms with Crippen molar-refractivity contribution >= 4 is 5.82 Å². The number of hydrogen-bond acceptors (Lipinski definition) is 3. The number of para-hydroxylation sites is 1. The zero-order chi connectivity index (χ0) is 15.9. The van der Waals surface area contributed by atoms with E-state index in [-0.39, 0.29) is 0 Å². The Morgan fingerprint density at radius 3 is 2.23 bits per heavy atom. The van der Waals surface area contributed by atoms with Gasteiger partial charge in [-0.05, 0) is 44.4 Å². The Kier molecular flexibility index (Phi) is 3.45. The highest BCUT2D eigenvalue weighted by Crippen LogP contribution is 2.30. The third kappa shape index (κ3) is 2.26. The minimum Gasteiger partial charge on any atom is -0.382 e. The molecular weight excluding hydrogens is 272 g/mol. The largest absolute Gasteiger partial charge is 0.382 e. The molecule has 1 aromatic heterocycles. The number of aryl methyl sites for hydroxylation is 4. The predicted molar refractivity (Wildman–Crippen MR) is 90.2 cm³/mol. The Bertz CT molecular complexity index is 826. The summed E-state index contributed by atoms with van der Waals surface area (Å²) in [4.78, 5) is 0. The van der Waals surface area contributed by atoms with E-state index >= 15 is 0 Å². The van der Waals surface area contributed by atoms with E-state index in [1.54, 1.807) is 4.68 Å². The van der Waals surface area contributed by atoms with E-state index in [1.165, 1.54) is 5.56 Å². The molecule has 0 amide bonds. The molecule has 4 heteroatoms. The lowest BCUT2D eigenvalue weighted by atomic mass is 10.0. The van der Waals surface area contributed by atoms with Crippen LogP contribution in [0, 0.1) is 27.7 Å². The van der Waals surface area contributed by atoms with Crippen LogP contribution in [-0.2, 0) is 0 Å². The van der Waals surface area contributed by atoms with E-state index in [9.17, 15) is 0 Å². The van der Waals surface area contributed by atoms with Crippen molar-refractivity contribution in [1.29, 1.82) is 0 Å². The predicted octanol–water partition coefficient (Wildman–Crippen LogP) is 3.75. The van der Waals surface area contributed by atoms with Gasteiger partial charge in [0.25, 0.3) is 0 Å². The maximum absolute atomic E-state index is 6.35. The minimum atomic E-state index is 0.573. The lowest BCUT2D eigenvalue weighted by Crippen LogP contribution is -2.06. The summed E-state index contributed by atoms with van der Waals surface area (Å²) < 4.78 is 1.74. The third-order valence-electron chi connectivity index (χ3n) is 3.99. The Labute approximate surface area is 130 Å². The van der Waals surface area contributed by atoms with Gasteiger partial charge in [0.05, 0.1) is 5.69 Å². The SMILES string of the molecule is Cc1ccc(-c2nnn(-c3c(C)cccc3C)c2N)c(C)c1. The fraction of sp³-hybridized carbons (Fsp3) is 0.222. The molecule has 3 aromatic rings. The average Bonchev–Trinajstić information content (AvgIpc) is 2.81. The summed E-state index contributed by atoms with van der Waals surface area (Å²) >= 11 is 0. The molecule has 0 aliphatic heterocycles. The smallest absolute Gasteiger partial charge is 0.155 e. The molecule has 2 N–H and O–H groups in total. The van der Waals surface area contributed by atoms with Crippen molar-refractivity contribution < 1.29 is 0 Å². The van der Waals surface area contributed by atoms with Gasteiger partial charge in [0.2, 0.25) is 0 Å². The van der Waals surface area contributed by atoms with Gasteiger partial charge in [-0.15, -0.1) is 5.10 Å². The molecule has 2 aromatic carbocycles. The lowest BCUT2D eigenvalue weighted by Gasteiger charge is -2.11. The maximum atomic E-state index is 6.35. The molecule has 4 nitrogen and oxygen atoms in total. The number of hydrogen-bond donors (Lipinski definition) is 1. The second kappa shape index (κ2) is 5.30. The summed E-state index contributed by atoms with van der Waals surface area (Å²) in [7, 11) is 0. The Morgan fingerprint density at radius 2 is 1.59 bits per heavy atom. The fourth-order valence-electron chi connectivity index (χ4n) is 2.87. The van der Waals surface area contributed by atoms with E-state index in [4.69, 9.17) is 5.73 Å². The molecule has 0 bridgehead atoms. The van der Waals surface area contributed by atoms with Crippen molar-refractivity contribution in [3.05, 3.63) is 58.7 Å². The summed E-state index contributed by atoms with van der Waals surface area (Å²) in [6.07, 6.45) is 0. The number of anilines is 1. The van der Waals surface area contributed by atoms with Crippen molar-refractivity contribution in [2.45, 2.75) is 27.7 Å². The lowest BCUT2D eigenvalue weighted by molar-refractivity contribution is 0.801. The van der Waals surface area contributed by atoms with Crippen molar-refractivity contribution in [2.75, 3.05) is 5.73 Å². The minimum absolute atomic E-state index is 0.573. The fourth-order valence-corrected chi connectivity index (χ4v) is 2.87. The quantitative estimate of drug-likeness (QED) is 0.782. The average molecular weight is 292 g/mol. The molecule has 1 heterocycles. The molecule has 0 aliphatic rings. The molecule has 0 aliphatic carbocycles. The van der Waals surface area contributed by atoms with Crippen molar-refractivity contribution in [3.8, 4) is 16.9 Å². The van der Waals surface area contributed by atoms with Crippen LogP contribution in [0.2, 0.25) is 0 Å². The number of benzene rings is 2. The van der Waals surface area contributed by atoms with Crippen LogP contribution in [0.15, 0.2) is 36.4 Å². The second-order valence-electron chi connectivity index (χ2n) is 5.79. The molecule has 3 rings (SSSR count). The van der Waals surface area contributed by atoms with Crippen LogP contribution in [0.25, 0.3) is 16.9 Å². The third-order valence-corrected chi connectivity index (χ3v) is 3.99. The molecule has 22 heavy (non-hydrogen) atoms. The molecule has 0 radical (unpaired) electrons. The van der Waals surface area contributed by atoms with Gasteiger partial charge < -0.3 is 5.73 Å². The molecule has 0 unspecified atom stereocenters. The zero-order valence-corrected chi connectivity index (χ0v) is 13.4. The molecule has 0 saturated heterocycles. The Balaban J connectivity index is 2.17. The van der Waals surface area contributed by atoms with Gasteiger partial charge in [0.1, 0.15) is 5.69 Å². The van der Waals surface area contributed by atoms with Gasteiger partial charge in [-0.25, -0.2) is 0 Å². The van der Waals surface area contributed by atoms with Gasteiger partial charge in [-0.2, -0.15) is 4.68 Å². The van der Waals surface area contributed by atoms with Crippen molar-refractivity contribution in [1.82, 2.24) is 15.0 Å². The van der Waals surface area contributed by atoms with E-state index in [0.29, 0.717) is 5.82 Å². The number of aromatic nitrogens is 3. The Morgan fingerprint density at radius 1 is 0.909 bits per heavy atom. The number of rotatable bonds is 2. The molecule has 0 spiro atoms. The normalized spacial score (nSPS) is 10.9. The van der Waals surface area contributed by atoms with Gasteiger partial charge >= 0.3 is 0 Å². The second-order valence-corrected chi connectivity index (χ2v) is 5.79. The molecule has 0 saturated carbocycles.